The average molecular weight is 643 g/mol. The van der Waals surface area contributed by atoms with Crippen LogP contribution in [0.15, 0.2) is 54.7 Å². The highest BCUT2D eigenvalue weighted by molar-refractivity contribution is 5.90. The van der Waals surface area contributed by atoms with Crippen molar-refractivity contribution in [2.45, 2.75) is 24.6 Å². The summed E-state index contributed by atoms with van der Waals surface area (Å²) in [5, 5.41) is 11.9. The van der Waals surface area contributed by atoms with Crippen molar-refractivity contribution in [2.75, 3.05) is 26.6 Å². The second-order valence-electron chi connectivity index (χ2n) is 8.30. The van der Waals surface area contributed by atoms with Crippen LogP contribution < -0.4 is 24.8 Å². The van der Waals surface area contributed by atoms with Gasteiger partial charge in [0.05, 0.1) is 49.9 Å². The van der Waals surface area contributed by atoms with E-state index in [0.29, 0.717) is 12.1 Å². The Balaban J connectivity index is 0.000000860. The van der Waals surface area contributed by atoms with Gasteiger partial charge in [0.25, 0.3) is 0 Å². The van der Waals surface area contributed by atoms with Crippen LogP contribution in [-0.4, -0.2) is 49.6 Å². The zero-order valence-corrected chi connectivity index (χ0v) is 22.6. The first-order valence-corrected chi connectivity index (χ1v) is 11.7. The number of ether oxygens (including phenoxy) is 3. The van der Waals surface area contributed by atoms with Crippen LogP contribution >= 0.6 is 0 Å². The lowest BCUT2D eigenvalue weighted by molar-refractivity contribution is -0.192. The number of benzene rings is 2. The van der Waals surface area contributed by atoms with Crippen LogP contribution in [0.2, 0.25) is 0 Å². The number of urea groups is 1. The summed E-state index contributed by atoms with van der Waals surface area (Å²) < 4.78 is 128. The van der Waals surface area contributed by atoms with Crippen LogP contribution in [0, 0.1) is 0 Å². The van der Waals surface area contributed by atoms with Gasteiger partial charge in [-0.1, -0.05) is 12.1 Å². The molecule has 0 bridgehead atoms. The SMILES string of the molecule is COc1cc(NC(=O)N[C@@H](c2ccc(C(F)(F)F)cc2)c2ncccc2C(F)(F)F)cc(OC)c1OC.O=C(O)C(F)(F)F. The third-order valence-corrected chi connectivity index (χ3v) is 5.43. The molecule has 0 radical (unpaired) electrons. The average Bonchev–Trinajstić information content (AvgIpc) is 2.94. The number of pyridine rings is 1. The van der Waals surface area contributed by atoms with Gasteiger partial charge in [-0.2, -0.15) is 39.5 Å². The van der Waals surface area contributed by atoms with E-state index < -0.39 is 53.4 Å². The highest BCUT2D eigenvalue weighted by Gasteiger charge is 2.39. The zero-order valence-electron chi connectivity index (χ0n) is 22.6. The number of aliphatic carboxylic acids is 1. The number of amides is 2. The lowest BCUT2D eigenvalue weighted by Gasteiger charge is -2.23. The largest absolute Gasteiger partial charge is 0.493 e. The van der Waals surface area contributed by atoms with Gasteiger partial charge in [-0.05, 0) is 29.8 Å². The van der Waals surface area contributed by atoms with Crippen molar-refractivity contribution >= 4 is 17.7 Å². The van der Waals surface area contributed by atoms with Crippen molar-refractivity contribution in [1.82, 2.24) is 10.3 Å². The number of nitrogens with zero attached hydrogens (tertiary/aromatic N) is 1. The first kappa shape index (κ1) is 35.3. The molecule has 0 unspecified atom stereocenters. The van der Waals surface area contributed by atoms with Gasteiger partial charge in [0.2, 0.25) is 5.75 Å². The Morgan fingerprint density at radius 1 is 0.818 bits per heavy atom. The highest BCUT2D eigenvalue weighted by Crippen LogP contribution is 2.40. The first-order chi connectivity index (χ1) is 20.3. The van der Waals surface area contributed by atoms with Crippen LogP contribution in [0.3, 0.4) is 0 Å². The Labute approximate surface area is 242 Å². The summed E-state index contributed by atoms with van der Waals surface area (Å²) >= 11 is 0. The fourth-order valence-corrected chi connectivity index (χ4v) is 3.51. The van der Waals surface area contributed by atoms with E-state index in [1.54, 1.807) is 0 Å². The molecule has 0 spiro atoms. The molecule has 1 heterocycles. The molecule has 3 rings (SSSR count). The van der Waals surface area contributed by atoms with Crippen molar-refractivity contribution in [2.24, 2.45) is 0 Å². The quantitative estimate of drug-likeness (QED) is 0.246. The highest BCUT2D eigenvalue weighted by atomic mass is 19.4. The molecule has 44 heavy (non-hydrogen) atoms. The molecule has 18 heteroatoms. The lowest BCUT2D eigenvalue weighted by Crippen LogP contribution is -2.35. The summed E-state index contributed by atoms with van der Waals surface area (Å²) in [5.41, 5.74) is -2.69. The molecule has 1 atom stereocenters. The molecular formula is C26H22F9N3O6. The van der Waals surface area contributed by atoms with Gasteiger partial charge in [-0.3, -0.25) is 4.98 Å². The third-order valence-electron chi connectivity index (χ3n) is 5.43. The number of anilines is 1. The fraction of sp³-hybridized carbons (Fsp3) is 0.269. The predicted octanol–water partition coefficient (Wildman–Crippen LogP) is 6.69. The third kappa shape index (κ3) is 9.30. The molecule has 3 N–H and O–H groups in total. The van der Waals surface area contributed by atoms with Crippen molar-refractivity contribution in [3.63, 3.8) is 0 Å². The molecule has 0 aliphatic rings. The van der Waals surface area contributed by atoms with Crippen LogP contribution in [-0.2, 0) is 17.1 Å². The smallest absolute Gasteiger partial charge is 0.490 e. The fourth-order valence-electron chi connectivity index (χ4n) is 3.51. The van der Waals surface area contributed by atoms with Gasteiger partial charge in [0.15, 0.2) is 11.5 Å². The summed E-state index contributed by atoms with van der Waals surface area (Å²) in [7, 11) is 4.07. The maximum atomic E-state index is 13.7. The summed E-state index contributed by atoms with van der Waals surface area (Å²) in [6.07, 6.45) is -13.5. The molecule has 0 saturated carbocycles. The van der Waals surface area contributed by atoms with E-state index >= 15 is 0 Å². The number of halogens is 9. The molecule has 1 aromatic heterocycles. The maximum Gasteiger partial charge on any atom is 0.490 e. The molecule has 2 amide bonds. The van der Waals surface area contributed by atoms with E-state index in [1.807, 2.05) is 0 Å². The normalized spacial score (nSPS) is 12.3. The number of rotatable bonds is 7. The van der Waals surface area contributed by atoms with E-state index in [9.17, 15) is 44.3 Å². The summed E-state index contributed by atoms with van der Waals surface area (Å²) in [5.74, 6) is -2.13. The molecule has 0 saturated heterocycles. The number of carboxylic acid groups (broad SMARTS) is 1. The number of methoxy groups -OCH3 is 3. The van der Waals surface area contributed by atoms with E-state index in [0.717, 1.165) is 30.5 Å². The van der Waals surface area contributed by atoms with E-state index in [4.69, 9.17) is 24.1 Å². The molecule has 9 nitrogen and oxygen atoms in total. The summed E-state index contributed by atoms with van der Waals surface area (Å²) in [4.78, 5) is 25.6. The molecule has 0 fully saturated rings. The van der Waals surface area contributed by atoms with Crippen LogP contribution in [0.1, 0.15) is 28.4 Å². The second-order valence-corrected chi connectivity index (χ2v) is 8.30. The Morgan fingerprint density at radius 2 is 1.34 bits per heavy atom. The summed E-state index contributed by atoms with van der Waals surface area (Å²) in [6, 6.07) is 5.43. The lowest BCUT2D eigenvalue weighted by atomic mass is 9.98. The van der Waals surface area contributed by atoms with Crippen LogP contribution in [0.25, 0.3) is 0 Å². The number of carbonyl (C=O) groups excluding carboxylic acids is 1. The van der Waals surface area contributed by atoms with Crippen molar-refractivity contribution in [3.8, 4) is 17.2 Å². The number of hydrogen-bond donors (Lipinski definition) is 3. The van der Waals surface area contributed by atoms with Crippen LogP contribution in [0.5, 0.6) is 17.2 Å². The van der Waals surface area contributed by atoms with Gasteiger partial charge in [0.1, 0.15) is 0 Å². The number of nitrogens with one attached hydrogen (secondary N) is 2. The first-order valence-electron chi connectivity index (χ1n) is 11.7. The molecular weight excluding hydrogens is 621 g/mol. The Hall–Kier alpha value is -4.90. The predicted molar refractivity (Wildman–Crippen MR) is 134 cm³/mol. The van der Waals surface area contributed by atoms with Crippen LogP contribution in [0.4, 0.5) is 50.0 Å². The second kappa shape index (κ2) is 14.0. The Kier molecular flexibility index (Phi) is 11.3. The molecule has 3 aromatic rings. The van der Waals surface area contributed by atoms with E-state index in [1.165, 1.54) is 33.5 Å². The molecule has 0 aliphatic heterocycles. The number of carboxylic acids is 1. The number of alkyl halides is 9. The van der Waals surface area contributed by atoms with Crippen molar-refractivity contribution in [1.29, 1.82) is 0 Å². The number of carbonyl (C=O) groups is 2. The summed E-state index contributed by atoms with van der Waals surface area (Å²) in [6.45, 7) is 0. The number of hydrogen-bond acceptors (Lipinski definition) is 6. The van der Waals surface area contributed by atoms with Gasteiger partial charge >= 0.3 is 30.5 Å². The molecule has 0 aliphatic carbocycles. The topological polar surface area (TPSA) is 119 Å². The van der Waals surface area contributed by atoms with E-state index in [2.05, 4.69) is 15.6 Å². The van der Waals surface area contributed by atoms with Gasteiger partial charge < -0.3 is 30.0 Å². The van der Waals surface area contributed by atoms with E-state index in [-0.39, 0.29) is 28.5 Å². The Morgan fingerprint density at radius 3 is 1.75 bits per heavy atom. The molecule has 2 aromatic carbocycles. The number of aromatic nitrogens is 1. The minimum Gasteiger partial charge on any atom is -0.493 e. The van der Waals surface area contributed by atoms with Gasteiger partial charge in [-0.15, -0.1) is 0 Å². The monoisotopic (exact) mass is 643 g/mol. The van der Waals surface area contributed by atoms with Gasteiger partial charge in [0, 0.05) is 18.3 Å². The standard InChI is InChI=1S/C24H21F6N3O4.C2HF3O2/c1-35-17-11-15(12-18(36-2)21(17)37-3)32-22(34)33-19(13-6-8-14(9-7-13)23(25,26)27)20-16(24(28,29)30)5-4-10-31-20;3-2(4,5)1(6)7/h4-12,19H,1-3H3,(H2,32,33,34);(H,6,7)/t19-;/m0./s1. The Bertz CT molecular complexity index is 1420. The minimum absolute atomic E-state index is 0.0581. The van der Waals surface area contributed by atoms with Crippen molar-refractivity contribution in [3.05, 3.63) is 77.1 Å². The minimum atomic E-state index is -5.08. The zero-order chi connectivity index (χ0) is 33.5. The molecule has 240 valence electrons. The maximum absolute atomic E-state index is 13.7. The van der Waals surface area contributed by atoms with Gasteiger partial charge in [-0.25, -0.2) is 9.59 Å². The van der Waals surface area contributed by atoms with Crippen molar-refractivity contribution < 1.29 is 68.4 Å².